The molecule has 0 aliphatic carbocycles. The van der Waals surface area contributed by atoms with Crippen LogP contribution in [0, 0.1) is 5.92 Å². The van der Waals surface area contributed by atoms with Gasteiger partial charge in [0.1, 0.15) is 18.3 Å². The van der Waals surface area contributed by atoms with Crippen LogP contribution in [0.5, 0.6) is 5.75 Å². The van der Waals surface area contributed by atoms with Gasteiger partial charge in [-0.3, -0.25) is 19.3 Å². The molecule has 0 fully saturated rings. The van der Waals surface area contributed by atoms with Gasteiger partial charge in [-0.2, -0.15) is 0 Å². The van der Waals surface area contributed by atoms with E-state index in [0.29, 0.717) is 17.9 Å². The van der Waals surface area contributed by atoms with Gasteiger partial charge in [0, 0.05) is 24.0 Å². The highest BCUT2D eigenvalue weighted by molar-refractivity contribution is 6.26. The quantitative estimate of drug-likeness (QED) is 0.510. The van der Waals surface area contributed by atoms with E-state index in [0.717, 1.165) is 22.0 Å². The van der Waals surface area contributed by atoms with Crippen molar-refractivity contribution in [3.8, 4) is 5.75 Å². The zero-order valence-corrected chi connectivity index (χ0v) is 20.6. The van der Waals surface area contributed by atoms with Crippen LogP contribution in [0.25, 0.3) is 10.8 Å². The van der Waals surface area contributed by atoms with Crippen LogP contribution in [0.2, 0.25) is 0 Å². The zero-order valence-electron chi connectivity index (χ0n) is 20.6. The van der Waals surface area contributed by atoms with Crippen molar-refractivity contribution in [1.29, 1.82) is 0 Å². The normalized spacial score (nSPS) is 13.3. The first-order valence-electron chi connectivity index (χ1n) is 11.8. The van der Waals surface area contributed by atoms with Gasteiger partial charge in [0.2, 0.25) is 11.8 Å². The molecule has 3 aromatic carbocycles. The van der Waals surface area contributed by atoms with Crippen molar-refractivity contribution in [3.63, 3.8) is 0 Å². The molecule has 7 nitrogen and oxygen atoms in total. The maximum Gasteiger partial charge on any atom is 0.259 e. The molecule has 0 saturated carbocycles. The maximum absolute atomic E-state index is 13.7. The number of benzene rings is 3. The van der Waals surface area contributed by atoms with Gasteiger partial charge < -0.3 is 15.0 Å². The number of nitrogens with zero attached hydrogens (tertiary/aromatic N) is 2. The minimum Gasteiger partial charge on any atom is -0.497 e. The Balaban J connectivity index is 1.61. The number of nitrogens with one attached hydrogen (secondary N) is 1. The summed E-state index contributed by atoms with van der Waals surface area (Å²) >= 11 is 0. The number of methoxy groups -OCH3 is 1. The molecule has 3 aromatic rings. The lowest BCUT2D eigenvalue weighted by molar-refractivity contribution is -0.139. The van der Waals surface area contributed by atoms with E-state index in [1.165, 1.54) is 9.80 Å². The van der Waals surface area contributed by atoms with Crippen molar-refractivity contribution < 1.29 is 19.1 Å². The summed E-state index contributed by atoms with van der Waals surface area (Å²) in [5.74, 6) is 0.216. The Kier molecular flexibility index (Phi) is 7.05. The SMILES string of the molecule is COc1cccc(CN(C(=O)CN2C(=O)c3cccc4cccc2c34)[C@H](C)C(=O)NCC(C)C)c1. The lowest BCUT2D eigenvalue weighted by Crippen LogP contribution is -2.51. The summed E-state index contributed by atoms with van der Waals surface area (Å²) in [4.78, 5) is 42.9. The van der Waals surface area contributed by atoms with Gasteiger partial charge >= 0.3 is 0 Å². The van der Waals surface area contributed by atoms with Crippen molar-refractivity contribution in [2.45, 2.75) is 33.4 Å². The van der Waals surface area contributed by atoms with Crippen LogP contribution in [-0.2, 0) is 16.1 Å². The van der Waals surface area contributed by atoms with E-state index >= 15 is 0 Å². The number of anilines is 1. The monoisotopic (exact) mass is 473 g/mol. The van der Waals surface area contributed by atoms with Crippen molar-refractivity contribution in [1.82, 2.24) is 10.2 Å². The van der Waals surface area contributed by atoms with Crippen LogP contribution in [0.15, 0.2) is 60.7 Å². The molecule has 0 saturated heterocycles. The number of rotatable bonds is 9. The minimum absolute atomic E-state index is 0.154. The number of carbonyl (C=O) groups is 3. The second-order valence-electron chi connectivity index (χ2n) is 9.26. The molecule has 1 atom stereocenters. The Morgan fingerprint density at radius 1 is 1.03 bits per heavy atom. The van der Waals surface area contributed by atoms with E-state index in [2.05, 4.69) is 5.32 Å². The molecule has 0 radical (unpaired) electrons. The van der Waals surface area contributed by atoms with Gasteiger partial charge in [0.05, 0.1) is 12.8 Å². The molecule has 1 aliphatic heterocycles. The molecule has 3 amide bonds. The van der Waals surface area contributed by atoms with E-state index in [9.17, 15) is 14.4 Å². The summed E-state index contributed by atoms with van der Waals surface area (Å²) in [5.41, 5.74) is 2.14. The highest BCUT2D eigenvalue weighted by Crippen LogP contribution is 2.37. The van der Waals surface area contributed by atoms with Gasteiger partial charge in [-0.25, -0.2) is 0 Å². The number of ether oxygens (including phenoxy) is 1. The number of carbonyl (C=O) groups excluding carboxylic acids is 3. The summed E-state index contributed by atoms with van der Waals surface area (Å²) in [6, 6.07) is 18.0. The number of hydrogen-bond acceptors (Lipinski definition) is 4. The molecule has 0 unspecified atom stereocenters. The minimum atomic E-state index is -0.719. The molecule has 0 bridgehead atoms. The van der Waals surface area contributed by atoms with Crippen LogP contribution in [-0.4, -0.2) is 48.9 Å². The zero-order chi connectivity index (χ0) is 25.1. The number of hydrogen-bond donors (Lipinski definition) is 1. The first-order chi connectivity index (χ1) is 16.8. The second-order valence-corrected chi connectivity index (χ2v) is 9.26. The van der Waals surface area contributed by atoms with Crippen LogP contribution < -0.4 is 15.0 Å². The molecule has 0 spiro atoms. The van der Waals surface area contributed by atoms with Gasteiger partial charge in [0.25, 0.3) is 5.91 Å². The Morgan fingerprint density at radius 2 is 1.74 bits per heavy atom. The Morgan fingerprint density at radius 3 is 2.46 bits per heavy atom. The fourth-order valence-corrected chi connectivity index (χ4v) is 4.36. The lowest BCUT2D eigenvalue weighted by atomic mass is 10.1. The van der Waals surface area contributed by atoms with E-state index in [-0.39, 0.29) is 36.7 Å². The molecular formula is C28H31N3O4. The van der Waals surface area contributed by atoms with E-state index in [4.69, 9.17) is 4.74 Å². The molecule has 0 aromatic heterocycles. The molecule has 7 heteroatoms. The fraction of sp³-hybridized carbons (Fsp3) is 0.321. The average Bonchev–Trinajstić information content (AvgIpc) is 3.13. The van der Waals surface area contributed by atoms with Gasteiger partial charge in [-0.05, 0) is 48.1 Å². The number of amides is 3. The first-order valence-corrected chi connectivity index (χ1v) is 11.8. The predicted octanol–water partition coefficient (Wildman–Crippen LogP) is 4.00. The third-order valence-electron chi connectivity index (χ3n) is 6.28. The highest BCUT2D eigenvalue weighted by Gasteiger charge is 2.34. The summed E-state index contributed by atoms with van der Waals surface area (Å²) in [7, 11) is 1.58. The van der Waals surface area contributed by atoms with Gasteiger partial charge in [-0.15, -0.1) is 0 Å². The van der Waals surface area contributed by atoms with E-state index < -0.39 is 6.04 Å². The van der Waals surface area contributed by atoms with Crippen molar-refractivity contribution in [2.24, 2.45) is 5.92 Å². The van der Waals surface area contributed by atoms with E-state index in [1.54, 1.807) is 20.1 Å². The van der Waals surface area contributed by atoms with Crippen LogP contribution in [0.1, 0.15) is 36.7 Å². The first kappa shape index (κ1) is 24.3. The molecule has 35 heavy (non-hydrogen) atoms. The molecule has 1 N–H and O–H groups in total. The molecule has 1 heterocycles. The summed E-state index contributed by atoms with van der Waals surface area (Å²) in [6.45, 7) is 6.33. The highest BCUT2D eigenvalue weighted by atomic mass is 16.5. The third kappa shape index (κ3) is 4.99. The summed E-state index contributed by atoms with van der Waals surface area (Å²) in [6.07, 6.45) is 0. The lowest BCUT2D eigenvalue weighted by Gasteiger charge is -2.31. The Hall–Kier alpha value is -3.87. The van der Waals surface area contributed by atoms with Crippen LogP contribution in [0.3, 0.4) is 0 Å². The summed E-state index contributed by atoms with van der Waals surface area (Å²) in [5, 5.41) is 4.73. The Bertz CT molecular complexity index is 1260. The fourth-order valence-electron chi connectivity index (χ4n) is 4.36. The van der Waals surface area contributed by atoms with E-state index in [1.807, 2.05) is 68.4 Å². The predicted molar refractivity (Wildman–Crippen MR) is 136 cm³/mol. The average molecular weight is 474 g/mol. The molecule has 1 aliphatic rings. The third-order valence-corrected chi connectivity index (χ3v) is 6.28. The van der Waals surface area contributed by atoms with Gasteiger partial charge in [0.15, 0.2) is 0 Å². The maximum atomic E-state index is 13.7. The standard InChI is InChI=1S/C28H31N3O4/c1-18(2)15-29-27(33)19(3)30(16-20-8-5-11-22(14-20)35-4)25(32)17-31-24-13-7-10-21-9-6-12-23(26(21)24)28(31)34/h5-14,18-19H,15-17H2,1-4H3,(H,29,33)/t19-/m1/s1. The molecular weight excluding hydrogens is 442 g/mol. The summed E-state index contributed by atoms with van der Waals surface area (Å²) < 4.78 is 5.32. The molecule has 4 rings (SSSR count). The smallest absolute Gasteiger partial charge is 0.259 e. The second kappa shape index (κ2) is 10.2. The van der Waals surface area contributed by atoms with Crippen LogP contribution in [0.4, 0.5) is 5.69 Å². The largest absolute Gasteiger partial charge is 0.497 e. The van der Waals surface area contributed by atoms with Gasteiger partial charge in [-0.1, -0.05) is 50.2 Å². The van der Waals surface area contributed by atoms with Crippen molar-refractivity contribution >= 4 is 34.2 Å². The topological polar surface area (TPSA) is 79.0 Å². The Labute approximate surface area is 205 Å². The van der Waals surface area contributed by atoms with Crippen molar-refractivity contribution in [3.05, 3.63) is 71.8 Å². The van der Waals surface area contributed by atoms with Crippen molar-refractivity contribution in [2.75, 3.05) is 25.1 Å². The molecule has 182 valence electrons. The van der Waals surface area contributed by atoms with Crippen LogP contribution >= 0.6 is 0 Å².